The Bertz CT molecular complexity index is 768. The van der Waals surface area contributed by atoms with Crippen LogP contribution in [0.4, 0.5) is 4.39 Å². The number of nitrogens with zero attached hydrogens (tertiary/aromatic N) is 4. The Kier molecular flexibility index (Phi) is 5.38. The van der Waals surface area contributed by atoms with E-state index in [1.165, 1.54) is 12.1 Å². The Hall–Kier alpha value is -3.00. The van der Waals surface area contributed by atoms with Crippen LogP contribution >= 0.6 is 0 Å². The topological polar surface area (TPSA) is 43.6 Å². The Morgan fingerprint density at radius 1 is 1.00 bits per heavy atom. The van der Waals surface area contributed by atoms with Crippen molar-refractivity contribution < 1.29 is 4.39 Å². The Morgan fingerprint density at radius 2 is 1.77 bits per heavy atom. The average molecular weight is 294 g/mol. The second-order valence-electron chi connectivity index (χ2n) is 3.99. The van der Waals surface area contributed by atoms with Gasteiger partial charge in [-0.15, -0.1) is 0 Å². The zero-order valence-electron chi connectivity index (χ0n) is 12.4. The Balaban J connectivity index is 0.000000847. The van der Waals surface area contributed by atoms with Crippen molar-refractivity contribution in [2.45, 2.75) is 13.8 Å². The van der Waals surface area contributed by atoms with Crippen LogP contribution in [0.25, 0.3) is 5.69 Å². The van der Waals surface area contributed by atoms with E-state index in [-0.39, 0.29) is 5.82 Å². The van der Waals surface area contributed by atoms with Crippen LogP contribution in [0, 0.1) is 17.7 Å². The maximum Gasteiger partial charge on any atom is 0.131 e. The van der Waals surface area contributed by atoms with Crippen molar-refractivity contribution in [1.82, 2.24) is 19.7 Å². The van der Waals surface area contributed by atoms with Crippen LogP contribution in [0.5, 0.6) is 0 Å². The van der Waals surface area contributed by atoms with E-state index in [1.54, 1.807) is 47.8 Å². The van der Waals surface area contributed by atoms with Crippen molar-refractivity contribution in [2.75, 3.05) is 0 Å². The summed E-state index contributed by atoms with van der Waals surface area (Å²) in [6.07, 6.45) is 8.20. The highest BCUT2D eigenvalue weighted by Gasteiger charge is 1.99. The van der Waals surface area contributed by atoms with Crippen LogP contribution in [0.3, 0.4) is 0 Å². The van der Waals surface area contributed by atoms with Crippen LogP contribution in [-0.2, 0) is 0 Å². The molecule has 0 amide bonds. The van der Waals surface area contributed by atoms with Gasteiger partial charge < -0.3 is 0 Å². The van der Waals surface area contributed by atoms with Gasteiger partial charge >= 0.3 is 0 Å². The number of benzene rings is 1. The minimum atomic E-state index is -0.274. The van der Waals surface area contributed by atoms with Crippen molar-refractivity contribution >= 4 is 0 Å². The lowest BCUT2D eigenvalue weighted by Gasteiger charge is -1.99. The van der Waals surface area contributed by atoms with Crippen molar-refractivity contribution in [2.24, 2.45) is 0 Å². The monoisotopic (exact) mass is 294 g/mol. The quantitative estimate of drug-likeness (QED) is 0.647. The van der Waals surface area contributed by atoms with Gasteiger partial charge in [0.25, 0.3) is 0 Å². The molecule has 0 N–H and O–H groups in total. The van der Waals surface area contributed by atoms with Crippen molar-refractivity contribution in [3.05, 3.63) is 72.3 Å². The first kappa shape index (κ1) is 15.4. The molecule has 5 heteroatoms. The van der Waals surface area contributed by atoms with Crippen molar-refractivity contribution in [3.63, 3.8) is 0 Å². The molecule has 0 saturated carbocycles. The third-order valence-electron chi connectivity index (χ3n) is 2.57. The Morgan fingerprint density at radius 3 is 2.45 bits per heavy atom. The molecule has 2 aromatic heterocycles. The number of halogens is 1. The fourth-order valence-electron chi connectivity index (χ4n) is 1.62. The first-order chi connectivity index (χ1) is 10.8. The minimum absolute atomic E-state index is 0.274. The van der Waals surface area contributed by atoms with Gasteiger partial charge in [0.2, 0.25) is 0 Å². The number of hydrogen-bond acceptors (Lipinski definition) is 3. The molecule has 0 aliphatic heterocycles. The summed E-state index contributed by atoms with van der Waals surface area (Å²) in [6, 6.07) is 6.09. The fourth-order valence-corrected chi connectivity index (χ4v) is 1.62. The number of rotatable bonds is 1. The van der Waals surface area contributed by atoms with Crippen LogP contribution in [-0.4, -0.2) is 19.7 Å². The molecule has 3 rings (SSSR count). The van der Waals surface area contributed by atoms with Gasteiger partial charge in [-0.2, -0.15) is 5.10 Å². The summed E-state index contributed by atoms with van der Waals surface area (Å²) in [6.45, 7) is 4.00. The van der Waals surface area contributed by atoms with Gasteiger partial charge in [0.1, 0.15) is 11.5 Å². The van der Waals surface area contributed by atoms with Gasteiger partial charge in [0.15, 0.2) is 0 Å². The van der Waals surface area contributed by atoms with Gasteiger partial charge in [0.05, 0.1) is 23.6 Å². The van der Waals surface area contributed by atoms with Crippen LogP contribution < -0.4 is 0 Å². The van der Waals surface area contributed by atoms with E-state index in [0.29, 0.717) is 5.69 Å². The second-order valence-corrected chi connectivity index (χ2v) is 3.99. The van der Waals surface area contributed by atoms with Gasteiger partial charge in [-0.1, -0.05) is 19.8 Å². The predicted molar refractivity (Wildman–Crippen MR) is 82.9 cm³/mol. The predicted octanol–water partition coefficient (Wildman–Crippen LogP) is 3.23. The molecule has 0 atom stereocenters. The van der Waals surface area contributed by atoms with E-state index in [9.17, 15) is 4.39 Å². The Labute approximate surface area is 128 Å². The van der Waals surface area contributed by atoms with Crippen LogP contribution in [0.2, 0.25) is 0 Å². The third-order valence-corrected chi connectivity index (χ3v) is 2.57. The number of aromatic nitrogens is 4. The van der Waals surface area contributed by atoms with Gasteiger partial charge in [-0.05, 0) is 30.2 Å². The highest BCUT2D eigenvalue weighted by molar-refractivity contribution is 5.39. The first-order valence-electron chi connectivity index (χ1n) is 6.90. The molecular weight excluding hydrogens is 279 g/mol. The average Bonchev–Trinajstić information content (AvgIpc) is 3.05. The first-order valence-corrected chi connectivity index (χ1v) is 6.90. The smallest absolute Gasteiger partial charge is 0.131 e. The molecule has 0 fully saturated rings. The maximum atomic E-state index is 12.9. The highest BCUT2D eigenvalue weighted by atomic mass is 19.1. The molecule has 110 valence electrons. The molecule has 2 heterocycles. The summed E-state index contributed by atoms with van der Waals surface area (Å²) >= 11 is 0. The largest absolute Gasteiger partial charge is 0.260 e. The van der Waals surface area contributed by atoms with E-state index in [0.717, 1.165) is 11.3 Å². The molecule has 0 unspecified atom stereocenters. The van der Waals surface area contributed by atoms with E-state index in [2.05, 4.69) is 26.9 Å². The molecule has 22 heavy (non-hydrogen) atoms. The molecule has 0 aliphatic carbocycles. The third kappa shape index (κ3) is 4.00. The van der Waals surface area contributed by atoms with E-state index >= 15 is 0 Å². The van der Waals surface area contributed by atoms with E-state index in [4.69, 9.17) is 0 Å². The summed E-state index contributed by atoms with van der Waals surface area (Å²) in [5, 5.41) is 4.18. The lowest BCUT2D eigenvalue weighted by atomic mass is 10.3. The normalized spacial score (nSPS) is 9.23. The molecule has 0 bridgehead atoms. The van der Waals surface area contributed by atoms with Crippen molar-refractivity contribution in [1.29, 1.82) is 0 Å². The maximum absolute atomic E-state index is 12.9. The molecular formula is C17H15FN4. The zero-order chi connectivity index (χ0) is 15.8. The molecule has 0 spiro atoms. The lowest BCUT2D eigenvalue weighted by molar-refractivity contribution is 0.627. The summed E-state index contributed by atoms with van der Waals surface area (Å²) in [7, 11) is 0. The number of hydrogen-bond donors (Lipinski definition) is 0. The molecule has 1 aromatic carbocycles. The summed E-state index contributed by atoms with van der Waals surface area (Å²) < 4.78 is 14.5. The van der Waals surface area contributed by atoms with E-state index in [1.807, 2.05) is 13.8 Å². The van der Waals surface area contributed by atoms with Crippen molar-refractivity contribution in [3.8, 4) is 17.5 Å². The summed E-state index contributed by atoms with van der Waals surface area (Å²) in [4.78, 5) is 8.00. The van der Waals surface area contributed by atoms with Crippen LogP contribution in [0.15, 0.2) is 55.2 Å². The fraction of sp³-hybridized carbons (Fsp3) is 0.118. The lowest BCUT2D eigenvalue weighted by Crippen LogP contribution is -1.93. The summed E-state index contributed by atoms with van der Waals surface area (Å²) in [5.74, 6) is 5.58. The standard InChI is InChI=1S/C15H9FN4.C2H6/c16-13-2-5-15(6-3-13)20-11-12(9-19-20)1-4-14-10-17-7-8-18-14;1-2/h2-3,5-11H;1-2H3. The zero-order valence-corrected chi connectivity index (χ0v) is 12.4. The van der Waals surface area contributed by atoms with Gasteiger partial charge in [-0.3, -0.25) is 4.98 Å². The highest BCUT2D eigenvalue weighted by Crippen LogP contribution is 2.09. The molecule has 0 aliphatic rings. The minimum Gasteiger partial charge on any atom is -0.260 e. The second kappa shape index (κ2) is 7.70. The summed E-state index contributed by atoms with van der Waals surface area (Å²) in [5.41, 5.74) is 2.13. The SMILES string of the molecule is CC.Fc1ccc(-n2cc(C#Cc3cnccn3)cn2)cc1. The molecule has 3 aromatic rings. The van der Waals surface area contributed by atoms with Gasteiger partial charge in [0, 0.05) is 18.6 Å². The van der Waals surface area contributed by atoms with Crippen LogP contribution in [0.1, 0.15) is 25.1 Å². The molecule has 0 saturated heterocycles. The molecule has 0 radical (unpaired) electrons. The van der Waals surface area contributed by atoms with E-state index < -0.39 is 0 Å². The van der Waals surface area contributed by atoms with Gasteiger partial charge in [-0.25, -0.2) is 14.1 Å². The molecule has 4 nitrogen and oxygen atoms in total.